The van der Waals surface area contributed by atoms with E-state index in [1.54, 1.807) is 0 Å². The molecule has 19 heavy (non-hydrogen) atoms. The Morgan fingerprint density at radius 2 is 2.00 bits per heavy atom. The van der Waals surface area contributed by atoms with Gasteiger partial charge in [0.1, 0.15) is 12.4 Å². The average molecular weight is 327 g/mol. The molecule has 0 atom stereocenters. The quantitative estimate of drug-likeness (QED) is 0.525. The SMILES string of the molecule is CCO/N=C(\Oc1ccc(Br)cc1)C1CCNCC1. The summed E-state index contributed by atoms with van der Waals surface area (Å²) >= 11 is 3.41. The van der Waals surface area contributed by atoms with Crippen molar-refractivity contribution in [2.75, 3.05) is 19.7 Å². The van der Waals surface area contributed by atoms with Gasteiger partial charge in [0.25, 0.3) is 0 Å². The van der Waals surface area contributed by atoms with Crippen LogP contribution in [0.4, 0.5) is 0 Å². The van der Waals surface area contributed by atoms with Gasteiger partial charge >= 0.3 is 0 Å². The molecular weight excluding hydrogens is 308 g/mol. The first kappa shape index (κ1) is 14.3. The van der Waals surface area contributed by atoms with Gasteiger partial charge in [-0.05, 0) is 57.1 Å². The van der Waals surface area contributed by atoms with Gasteiger partial charge in [-0.3, -0.25) is 0 Å². The van der Waals surface area contributed by atoms with E-state index >= 15 is 0 Å². The maximum absolute atomic E-state index is 5.89. The molecule has 1 N–H and O–H groups in total. The second kappa shape index (κ2) is 7.50. The second-order valence-corrected chi connectivity index (χ2v) is 5.34. The van der Waals surface area contributed by atoms with Gasteiger partial charge < -0.3 is 14.9 Å². The Balaban J connectivity index is 2.06. The van der Waals surface area contributed by atoms with Crippen molar-refractivity contribution in [3.8, 4) is 5.75 Å². The van der Waals surface area contributed by atoms with E-state index in [0.717, 1.165) is 36.2 Å². The fraction of sp³-hybridized carbons (Fsp3) is 0.500. The number of ether oxygens (including phenoxy) is 1. The van der Waals surface area contributed by atoms with Gasteiger partial charge in [0, 0.05) is 10.4 Å². The Labute approximate surface area is 122 Å². The lowest BCUT2D eigenvalue weighted by atomic mass is 9.98. The predicted octanol–water partition coefficient (Wildman–Crippen LogP) is 3.18. The maximum Gasteiger partial charge on any atom is 0.234 e. The highest BCUT2D eigenvalue weighted by atomic mass is 79.9. The Morgan fingerprint density at radius 3 is 2.63 bits per heavy atom. The number of nitrogens with one attached hydrogen (secondary N) is 1. The van der Waals surface area contributed by atoms with E-state index < -0.39 is 0 Å². The van der Waals surface area contributed by atoms with Gasteiger partial charge in [-0.25, -0.2) is 0 Å². The fourth-order valence-electron chi connectivity index (χ4n) is 2.00. The number of halogens is 1. The molecule has 1 saturated heterocycles. The number of hydrogen-bond acceptors (Lipinski definition) is 4. The minimum absolute atomic E-state index is 0.330. The third-order valence-corrected chi connectivity index (χ3v) is 3.54. The predicted molar refractivity (Wildman–Crippen MR) is 79.4 cm³/mol. The van der Waals surface area contributed by atoms with Crippen LogP contribution in [0.2, 0.25) is 0 Å². The molecule has 1 aliphatic rings. The summed E-state index contributed by atoms with van der Waals surface area (Å²) in [7, 11) is 0. The van der Waals surface area contributed by atoms with E-state index in [-0.39, 0.29) is 0 Å². The van der Waals surface area contributed by atoms with Gasteiger partial charge in [-0.1, -0.05) is 21.1 Å². The highest BCUT2D eigenvalue weighted by Crippen LogP contribution is 2.21. The number of nitrogens with zero attached hydrogens (tertiary/aromatic N) is 1. The van der Waals surface area contributed by atoms with E-state index in [1.165, 1.54) is 0 Å². The molecule has 0 unspecified atom stereocenters. The van der Waals surface area contributed by atoms with Gasteiger partial charge in [-0.2, -0.15) is 0 Å². The Morgan fingerprint density at radius 1 is 1.32 bits per heavy atom. The maximum atomic E-state index is 5.89. The number of benzene rings is 1. The molecule has 1 fully saturated rings. The molecule has 0 amide bonds. The van der Waals surface area contributed by atoms with E-state index in [9.17, 15) is 0 Å². The van der Waals surface area contributed by atoms with Crippen LogP contribution in [0, 0.1) is 5.92 Å². The summed E-state index contributed by atoms with van der Waals surface area (Å²) in [6, 6.07) is 7.76. The molecule has 2 rings (SSSR count). The summed E-state index contributed by atoms with van der Waals surface area (Å²) in [5.74, 6) is 1.81. The first-order valence-corrected chi connectivity index (χ1v) is 7.43. The number of piperidine rings is 1. The summed E-state index contributed by atoms with van der Waals surface area (Å²) in [4.78, 5) is 5.18. The molecule has 0 aromatic heterocycles. The zero-order chi connectivity index (χ0) is 13.5. The van der Waals surface area contributed by atoms with Crippen LogP contribution >= 0.6 is 15.9 Å². The molecular formula is C14H19BrN2O2. The average Bonchev–Trinajstić information content (AvgIpc) is 2.46. The lowest BCUT2D eigenvalue weighted by molar-refractivity contribution is 0.148. The lowest BCUT2D eigenvalue weighted by Gasteiger charge is -2.23. The molecule has 1 aromatic carbocycles. The van der Waals surface area contributed by atoms with Gasteiger partial charge in [0.2, 0.25) is 5.90 Å². The third-order valence-electron chi connectivity index (χ3n) is 3.01. The molecule has 5 heteroatoms. The summed E-state index contributed by atoms with van der Waals surface area (Å²) < 4.78 is 6.92. The molecule has 1 heterocycles. The monoisotopic (exact) mass is 326 g/mol. The van der Waals surface area contributed by atoms with Crippen molar-refractivity contribution in [3.05, 3.63) is 28.7 Å². The van der Waals surface area contributed by atoms with Crippen LogP contribution in [0.1, 0.15) is 19.8 Å². The third kappa shape index (κ3) is 4.51. The summed E-state index contributed by atoms with van der Waals surface area (Å²) in [5.41, 5.74) is 0. The molecule has 0 bridgehead atoms. The molecule has 1 aliphatic heterocycles. The normalized spacial score (nSPS) is 17.3. The van der Waals surface area contributed by atoms with E-state index in [0.29, 0.717) is 18.4 Å². The zero-order valence-corrected chi connectivity index (χ0v) is 12.6. The molecule has 104 valence electrons. The Kier molecular flexibility index (Phi) is 5.66. The minimum Gasteiger partial charge on any atom is -0.439 e. The molecule has 0 radical (unpaired) electrons. The zero-order valence-electron chi connectivity index (χ0n) is 11.1. The first-order chi connectivity index (χ1) is 9.29. The summed E-state index contributed by atoms with van der Waals surface area (Å²) in [6.07, 6.45) is 2.06. The molecule has 0 saturated carbocycles. The number of oxime groups is 1. The van der Waals surface area contributed by atoms with E-state index in [2.05, 4.69) is 26.4 Å². The van der Waals surface area contributed by atoms with Crippen LogP contribution in [0.3, 0.4) is 0 Å². The van der Waals surface area contributed by atoms with Gasteiger partial charge in [0.15, 0.2) is 0 Å². The number of hydrogen-bond donors (Lipinski definition) is 1. The number of rotatable bonds is 4. The second-order valence-electron chi connectivity index (χ2n) is 4.43. The molecule has 4 nitrogen and oxygen atoms in total. The fourth-order valence-corrected chi connectivity index (χ4v) is 2.26. The van der Waals surface area contributed by atoms with Gasteiger partial charge in [-0.15, -0.1) is 0 Å². The Bertz CT molecular complexity index is 414. The first-order valence-electron chi connectivity index (χ1n) is 6.63. The largest absolute Gasteiger partial charge is 0.439 e. The van der Waals surface area contributed by atoms with Crippen molar-refractivity contribution >= 4 is 21.8 Å². The Hall–Kier alpha value is -1.07. The van der Waals surface area contributed by atoms with Crippen LogP contribution in [0.5, 0.6) is 5.75 Å². The van der Waals surface area contributed by atoms with Crippen LogP contribution in [-0.4, -0.2) is 25.6 Å². The highest BCUT2D eigenvalue weighted by molar-refractivity contribution is 9.10. The van der Waals surface area contributed by atoms with Gasteiger partial charge in [0.05, 0.1) is 0 Å². The standard InChI is InChI=1S/C14H19BrN2O2/c1-2-18-17-14(11-7-9-16-10-8-11)19-13-5-3-12(15)4-6-13/h3-6,11,16H,2,7-10H2,1H3/b17-14-. The topological polar surface area (TPSA) is 42.9 Å². The van der Waals surface area contributed by atoms with Crippen molar-refractivity contribution in [1.29, 1.82) is 0 Å². The van der Waals surface area contributed by atoms with Crippen LogP contribution in [-0.2, 0) is 4.84 Å². The van der Waals surface area contributed by atoms with Crippen molar-refractivity contribution in [1.82, 2.24) is 5.32 Å². The van der Waals surface area contributed by atoms with Crippen molar-refractivity contribution in [3.63, 3.8) is 0 Å². The minimum atomic E-state index is 0.330. The summed E-state index contributed by atoms with van der Waals surface area (Å²) in [5, 5.41) is 7.48. The lowest BCUT2D eigenvalue weighted by Crippen LogP contribution is -2.34. The van der Waals surface area contributed by atoms with Crippen LogP contribution < -0.4 is 10.1 Å². The van der Waals surface area contributed by atoms with E-state index in [1.807, 2.05) is 31.2 Å². The van der Waals surface area contributed by atoms with Crippen LogP contribution in [0.15, 0.2) is 33.9 Å². The van der Waals surface area contributed by atoms with E-state index in [4.69, 9.17) is 9.57 Å². The van der Waals surface area contributed by atoms with Crippen molar-refractivity contribution < 1.29 is 9.57 Å². The van der Waals surface area contributed by atoms with Crippen LogP contribution in [0.25, 0.3) is 0 Å². The van der Waals surface area contributed by atoms with Crippen molar-refractivity contribution in [2.45, 2.75) is 19.8 Å². The smallest absolute Gasteiger partial charge is 0.234 e. The molecule has 0 spiro atoms. The highest BCUT2D eigenvalue weighted by Gasteiger charge is 2.22. The summed E-state index contributed by atoms with van der Waals surface area (Å²) in [6.45, 7) is 4.47. The molecule has 0 aliphatic carbocycles. The molecule has 1 aromatic rings. The van der Waals surface area contributed by atoms with Crippen molar-refractivity contribution in [2.24, 2.45) is 11.1 Å².